The molecule has 2 aromatic rings. The fourth-order valence-electron chi connectivity index (χ4n) is 7.74. The Balaban J connectivity index is 1.36. The minimum Gasteiger partial charge on any atom is -0.443 e. The van der Waals surface area contributed by atoms with Crippen LogP contribution in [0.15, 0.2) is 48.5 Å². The molecule has 4 atom stereocenters. The van der Waals surface area contributed by atoms with Crippen molar-refractivity contribution in [1.29, 1.82) is 10.5 Å². The van der Waals surface area contributed by atoms with Gasteiger partial charge in [-0.25, -0.2) is 9.59 Å². The molecule has 4 unspecified atom stereocenters. The molecule has 2 saturated carbocycles. The van der Waals surface area contributed by atoms with Crippen molar-refractivity contribution in [3.8, 4) is 23.3 Å². The number of amides is 2. The Hall–Kier alpha value is -4.38. The van der Waals surface area contributed by atoms with Gasteiger partial charge in [0.05, 0.1) is 66.0 Å². The van der Waals surface area contributed by atoms with E-state index in [1.54, 1.807) is 0 Å². The van der Waals surface area contributed by atoms with Crippen molar-refractivity contribution in [2.24, 2.45) is 11.8 Å². The summed E-state index contributed by atoms with van der Waals surface area (Å²) in [4.78, 5) is 50.6. The second-order valence-corrected chi connectivity index (χ2v) is 15.3. The van der Waals surface area contributed by atoms with Crippen molar-refractivity contribution in [3.63, 3.8) is 0 Å². The van der Waals surface area contributed by atoms with Gasteiger partial charge >= 0.3 is 23.8 Å². The maximum atomic E-state index is 13.5. The van der Waals surface area contributed by atoms with Gasteiger partial charge in [0, 0.05) is 26.7 Å². The zero-order chi connectivity index (χ0) is 36.7. The molecule has 266 valence electrons. The zero-order valence-electron chi connectivity index (χ0n) is 30.5. The Morgan fingerprint density at radius 2 is 0.980 bits per heavy atom. The molecule has 10 nitrogen and oxygen atoms in total. The topological polar surface area (TPSA) is 134 Å². The molecule has 50 heavy (non-hydrogen) atoms. The normalized spacial score (nSPS) is 23.9. The van der Waals surface area contributed by atoms with Crippen LogP contribution in [-0.2, 0) is 41.5 Å². The number of carbonyl (C=O) groups is 4. The van der Waals surface area contributed by atoms with Crippen LogP contribution in [0, 0.1) is 34.5 Å². The number of likely N-dealkylation sites (N-methyl/N-ethyl adjacent to an activating group) is 2. The molecule has 2 aliphatic rings. The number of ether oxygens (including phenoxy) is 2. The van der Waals surface area contributed by atoms with E-state index in [4.69, 9.17) is 9.47 Å². The largest absolute Gasteiger partial charge is 0.443 e. The van der Waals surface area contributed by atoms with E-state index in [0.29, 0.717) is 25.9 Å². The lowest BCUT2D eigenvalue weighted by molar-refractivity contribution is -0.819. The van der Waals surface area contributed by atoms with Crippen LogP contribution >= 0.6 is 0 Å². The monoisotopic (exact) mass is 684 g/mol. The van der Waals surface area contributed by atoms with Crippen molar-refractivity contribution in [2.45, 2.75) is 89.3 Å². The highest BCUT2D eigenvalue weighted by Crippen LogP contribution is 2.39. The summed E-state index contributed by atoms with van der Waals surface area (Å²) in [6.45, 7) is 3.48. The van der Waals surface area contributed by atoms with Crippen LogP contribution in [0.3, 0.4) is 0 Å². The van der Waals surface area contributed by atoms with Crippen molar-refractivity contribution < 1.29 is 37.6 Å². The average Bonchev–Trinajstić information content (AvgIpc) is 3.06. The SMILES string of the molecule is CC(=O)OC1(C#N)CCCCC1C[N+](C)(C)C(=O)Cc1ccc(-c2ccc(CC(=O)[N+](C)(C)CC3CCCCC3(C#N)OC(C)=O)cc2)cc1. The van der Waals surface area contributed by atoms with Crippen LogP contribution in [0.5, 0.6) is 0 Å². The van der Waals surface area contributed by atoms with Gasteiger partial charge in [0.25, 0.3) is 0 Å². The first-order valence-corrected chi connectivity index (χ1v) is 17.7. The molecule has 0 spiro atoms. The minimum atomic E-state index is -1.19. The van der Waals surface area contributed by atoms with E-state index in [9.17, 15) is 29.7 Å². The number of benzene rings is 2. The molecule has 2 amide bonds. The second kappa shape index (κ2) is 15.7. The van der Waals surface area contributed by atoms with E-state index < -0.39 is 23.1 Å². The minimum absolute atomic E-state index is 0.0153. The van der Waals surface area contributed by atoms with Crippen molar-refractivity contribution in [1.82, 2.24) is 0 Å². The second-order valence-electron chi connectivity index (χ2n) is 15.3. The highest BCUT2D eigenvalue weighted by atomic mass is 16.6. The van der Waals surface area contributed by atoms with E-state index >= 15 is 0 Å². The van der Waals surface area contributed by atoms with Crippen LogP contribution < -0.4 is 0 Å². The van der Waals surface area contributed by atoms with Crippen molar-refractivity contribution >= 4 is 23.8 Å². The lowest BCUT2D eigenvalue weighted by Crippen LogP contribution is -2.55. The molecule has 0 aliphatic heterocycles. The number of nitriles is 2. The summed E-state index contributed by atoms with van der Waals surface area (Å²) in [6.07, 6.45) is 6.40. The van der Waals surface area contributed by atoms with Gasteiger partial charge in [0.15, 0.2) is 0 Å². The van der Waals surface area contributed by atoms with Gasteiger partial charge in [-0.3, -0.25) is 18.6 Å². The van der Waals surface area contributed by atoms with Crippen LogP contribution in [0.4, 0.5) is 0 Å². The van der Waals surface area contributed by atoms with Gasteiger partial charge in [0.1, 0.15) is 12.1 Å². The maximum Gasteiger partial charge on any atom is 0.317 e. The Morgan fingerprint density at radius 1 is 0.640 bits per heavy atom. The molecular formula is C40H52N4O6+2. The molecule has 0 saturated heterocycles. The standard InChI is InChI=1S/C40H52N4O6/c1-29(45)49-39(27-41)21-9-7-11-35(39)25-43(3,4)37(47)23-31-13-17-33(18-14-31)34-19-15-32(16-20-34)24-38(48)44(5,6)26-36-12-8-10-22-40(36,28-42)50-30(2)46/h13-20,35-36H,7-12,21-26H2,1-6H3/q+2. The average molecular weight is 685 g/mol. The Bertz CT molecular complexity index is 1530. The first kappa shape index (κ1) is 38.4. The van der Waals surface area contributed by atoms with Crippen LogP contribution in [0.2, 0.25) is 0 Å². The lowest BCUT2D eigenvalue weighted by Gasteiger charge is -2.41. The highest BCUT2D eigenvalue weighted by Gasteiger charge is 2.49. The van der Waals surface area contributed by atoms with E-state index in [-0.39, 0.29) is 45.5 Å². The summed E-state index contributed by atoms with van der Waals surface area (Å²) in [6, 6.07) is 20.3. The van der Waals surface area contributed by atoms with E-state index in [1.807, 2.05) is 76.7 Å². The van der Waals surface area contributed by atoms with Gasteiger partial charge in [-0.15, -0.1) is 0 Å². The third-order valence-electron chi connectivity index (χ3n) is 10.7. The fraction of sp³-hybridized carbons (Fsp3) is 0.550. The van der Waals surface area contributed by atoms with Gasteiger partial charge in [0.2, 0.25) is 11.2 Å². The summed E-state index contributed by atoms with van der Waals surface area (Å²) in [5.41, 5.74) is 1.37. The predicted octanol–water partition coefficient (Wildman–Crippen LogP) is 5.68. The molecule has 0 N–H and O–H groups in total. The number of rotatable bonds is 11. The van der Waals surface area contributed by atoms with Gasteiger partial charge in [-0.05, 0) is 47.9 Å². The third kappa shape index (κ3) is 9.04. The summed E-state index contributed by atoms with van der Waals surface area (Å²) >= 11 is 0. The third-order valence-corrected chi connectivity index (χ3v) is 10.7. The number of nitrogens with zero attached hydrogens (tertiary/aromatic N) is 4. The number of hydrogen-bond donors (Lipinski definition) is 0. The molecule has 0 radical (unpaired) electrons. The number of quaternary nitrogens is 2. The molecule has 10 heteroatoms. The van der Waals surface area contributed by atoms with Crippen molar-refractivity contribution in [2.75, 3.05) is 41.3 Å². The predicted molar refractivity (Wildman–Crippen MR) is 187 cm³/mol. The van der Waals surface area contributed by atoms with E-state index in [0.717, 1.165) is 60.8 Å². The maximum absolute atomic E-state index is 13.5. The quantitative estimate of drug-likeness (QED) is 0.218. The van der Waals surface area contributed by atoms with Gasteiger partial charge < -0.3 is 9.47 Å². The first-order chi connectivity index (χ1) is 23.5. The van der Waals surface area contributed by atoms with E-state index in [2.05, 4.69) is 12.1 Å². The number of carbonyl (C=O) groups excluding carboxylic acids is 4. The molecule has 2 aromatic carbocycles. The summed E-state index contributed by atoms with van der Waals surface area (Å²) in [7, 11) is 7.41. The molecule has 2 fully saturated rings. The zero-order valence-corrected chi connectivity index (χ0v) is 30.5. The first-order valence-electron chi connectivity index (χ1n) is 17.7. The highest BCUT2D eigenvalue weighted by molar-refractivity contribution is 5.74. The summed E-state index contributed by atoms with van der Waals surface area (Å²) in [5, 5.41) is 20.0. The van der Waals surface area contributed by atoms with E-state index in [1.165, 1.54) is 13.8 Å². The van der Waals surface area contributed by atoms with Crippen LogP contribution in [0.25, 0.3) is 11.1 Å². The lowest BCUT2D eigenvalue weighted by atomic mass is 9.75. The van der Waals surface area contributed by atoms with Crippen LogP contribution in [-0.4, -0.2) is 85.2 Å². The molecule has 0 bridgehead atoms. The summed E-state index contributed by atoms with van der Waals surface area (Å²) in [5.74, 6) is -1.36. The Morgan fingerprint density at radius 3 is 1.28 bits per heavy atom. The Kier molecular flexibility index (Phi) is 12.0. The van der Waals surface area contributed by atoms with Gasteiger partial charge in [-0.2, -0.15) is 10.5 Å². The smallest absolute Gasteiger partial charge is 0.317 e. The number of esters is 2. The fourth-order valence-corrected chi connectivity index (χ4v) is 7.74. The molecular weight excluding hydrogens is 632 g/mol. The number of hydrogen-bond acceptors (Lipinski definition) is 8. The van der Waals surface area contributed by atoms with Gasteiger partial charge in [-0.1, -0.05) is 61.4 Å². The van der Waals surface area contributed by atoms with Crippen LogP contribution in [0.1, 0.15) is 76.3 Å². The molecule has 4 rings (SSSR count). The molecule has 0 aromatic heterocycles. The molecule has 0 heterocycles. The summed E-state index contributed by atoms with van der Waals surface area (Å²) < 4.78 is 11.3. The molecule has 2 aliphatic carbocycles. The van der Waals surface area contributed by atoms with Crippen molar-refractivity contribution in [3.05, 3.63) is 59.7 Å². The Labute approximate surface area is 296 Å².